The Bertz CT molecular complexity index is 118. The number of hydrogen-bond acceptors (Lipinski definition) is 1. The molecular weight excluding hydrogens is 124 g/mol. The van der Waals surface area contributed by atoms with E-state index in [-0.39, 0.29) is 0 Å². The molecule has 1 N–H and O–H groups in total. The van der Waals surface area contributed by atoms with Gasteiger partial charge in [-0.3, -0.25) is 0 Å². The number of hydrogen-bond donors (Lipinski definition) is 1. The summed E-state index contributed by atoms with van der Waals surface area (Å²) in [4.78, 5) is 0. The molecule has 0 amide bonds. The Morgan fingerprint density at radius 2 is 2.20 bits per heavy atom. The second-order valence-electron chi connectivity index (χ2n) is 3.37. The second kappa shape index (κ2) is 3.65. The van der Waals surface area contributed by atoms with Crippen LogP contribution in [0.25, 0.3) is 0 Å². The smallest absolute Gasteiger partial charge is 0.0754 e. The first-order valence-corrected chi connectivity index (χ1v) is 4.14. The Balaban J connectivity index is 2.32. The first kappa shape index (κ1) is 7.64. The molecule has 0 spiro atoms. The van der Waals surface area contributed by atoms with Gasteiger partial charge in [0.25, 0.3) is 0 Å². The van der Waals surface area contributed by atoms with Crippen LogP contribution in [0.3, 0.4) is 0 Å². The highest BCUT2D eigenvalue weighted by molar-refractivity contribution is 4.85. The van der Waals surface area contributed by atoms with Gasteiger partial charge in [-0.15, -0.1) is 0 Å². The fourth-order valence-corrected chi connectivity index (χ4v) is 1.78. The van der Waals surface area contributed by atoms with Crippen LogP contribution in [0, 0.1) is 11.8 Å². The summed E-state index contributed by atoms with van der Waals surface area (Å²) in [6.45, 7) is 2.29. The van der Waals surface area contributed by atoms with Crippen LogP contribution in [0.4, 0.5) is 0 Å². The van der Waals surface area contributed by atoms with Crippen LogP contribution in [0.15, 0.2) is 12.3 Å². The molecule has 2 atom stereocenters. The lowest BCUT2D eigenvalue weighted by molar-refractivity contribution is 0.320. The number of aliphatic hydroxyl groups excluding tert-OH is 1. The van der Waals surface area contributed by atoms with E-state index in [1.807, 2.05) is 6.08 Å². The van der Waals surface area contributed by atoms with Crippen LogP contribution < -0.4 is 0 Å². The van der Waals surface area contributed by atoms with Gasteiger partial charge < -0.3 is 5.11 Å². The molecule has 1 heteroatoms. The molecule has 10 heavy (non-hydrogen) atoms. The highest BCUT2D eigenvalue weighted by Gasteiger charge is 2.15. The Kier molecular flexibility index (Phi) is 2.79. The van der Waals surface area contributed by atoms with E-state index >= 15 is 0 Å². The number of allylic oxidation sites excluding steroid dienone is 1. The zero-order valence-corrected chi connectivity index (χ0v) is 6.59. The molecule has 0 aliphatic heterocycles. The van der Waals surface area contributed by atoms with E-state index in [1.54, 1.807) is 0 Å². The zero-order valence-electron chi connectivity index (χ0n) is 6.59. The van der Waals surface area contributed by atoms with E-state index in [1.165, 1.54) is 31.9 Å². The van der Waals surface area contributed by atoms with Gasteiger partial charge in [0.1, 0.15) is 0 Å². The molecule has 0 radical (unpaired) electrons. The van der Waals surface area contributed by atoms with E-state index in [0.717, 1.165) is 5.92 Å². The Hall–Kier alpha value is -0.460. The largest absolute Gasteiger partial charge is 0.516 e. The molecule has 1 unspecified atom stereocenters. The third-order valence-corrected chi connectivity index (χ3v) is 2.34. The van der Waals surface area contributed by atoms with E-state index in [2.05, 4.69) is 6.92 Å². The van der Waals surface area contributed by atoms with Gasteiger partial charge in [0, 0.05) is 0 Å². The number of rotatable bonds is 1. The highest BCUT2D eigenvalue weighted by Crippen LogP contribution is 2.28. The summed E-state index contributed by atoms with van der Waals surface area (Å²) < 4.78 is 0. The maximum atomic E-state index is 8.52. The van der Waals surface area contributed by atoms with Crippen LogP contribution in [-0.4, -0.2) is 5.11 Å². The fourth-order valence-electron chi connectivity index (χ4n) is 1.78. The van der Waals surface area contributed by atoms with Gasteiger partial charge in [-0.05, 0) is 30.8 Å². The van der Waals surface area contributed by atoms with Crippen LogP contribution >= 0.6 is 0 Å². The molecule has 1 fully saturated rings. The lowest BCUT2D eigenvalue weighted by atomic mass is 9.83. The minimum Gasteiger partial charge on any atom is -0.516 e. The van der Waals surface area contributed by atoms with Gasteiger partial charge in [-0.1, -0.05) is 19.8 Å². The topological polar surface area (TPSA) is 20.2 Å². The van der Waals surface area contributed by atoms with Crippen LogP contribution in [-0.2, 0) is 0 Å². The fraction of sp³-hybridized carbons (Fsp3) is 0.778. The molecule has 0 saturated heterocycles. The quantitative estimate of drug-likeness (QED) is 0.555. The summed E-state index contributed by atoms with van der Waals surface area (Å²) in [5.41, 5.74) is 0. The van der Waals surface area contributed by atoms with Gasteiger partial charge in [-0.25, -0.2) is 0 Å². The van der Waals surface area contributed by atoms with Crippen molar-refractivity contribution in [3.63, 3.8) is 0 Å². The molecule has 0 heterocycles. The molecule has 1 nitrogen and oxygen atoms in total. The van der Waals surface area contributed by atoms with Gasteiger partial charge in [-0.2, -0.15) is 0 Å². The lowest BCUT2D eigenvalue weighted by Crippen LogP contribution is -2.10. The van der Waals surface area contributed by atoms with E-state index < -0.39 is 0 Å². The zero-order chi connectivity index (χ0) is 7.40. The summed E-state index contributed by atoms with van der Waals surface area (Å²) in [6.07, 6.45) is 8.35. The SMILES string of the molecule is C[C@H]1CCCC(/C=C/O)C1. The molecule has 58 valence electrons. The molecule has 1 rings (SSSR count). The molecule has 1 aliphatic rings. The predicted molar refractivity (Wildman–Crippen MR) is 42.9 cm³/mol. The van der Waals surface area contributed by atoms with Crippen molar-refractivity contribution in [2.75, 3.05) is 0 Å². The van der Waals surface area contributed by atoms with E-state index in [4.69, 9.17) is 5.11 Å². The second-order valence-corrected chi connectivity index (χ2v) is 3.37. The minimum atomic E-state index is 0.647. The van der Waals surface area contributed by atoms with Crippen molar-refractivity contribution in [2.24, 2.45) is 11.8 Å². The molecule has 1 saturated carbocycles. The first-order chi connectivity index (χ1) is 4.83. The summed E-state index contributed by atoms with van der Waals surface area (Å²) in [6, 6.07) is 0. The van der Waals surface area contributed by atoms with Gasteiger partial charge in [0.05, 0.1) is 6.26 Å². The molecular formula is C9H16O. The Morgan fingerprint density at radius 1 is 1.40 bits per heavy atom. The van der Waals surface area contributed by atoms with Crippen molar-refractivity contribution >= 4 is 0 Å². The highest BCUT2D eigenvalue weighted by atomic mass is 16.2. The average molecular weight is 140 g/mol. The third-order valence-electron chi connectivity index (χ3n) is 2.34. The molecule has 0 aromatic heterocycles. The lowest BCUT2D eigenvalue weighted by Gasteiger charge is -2.23. The molecule has 0 bridgehead atoms. The van der Waals surface area contributed by atoms with E-state index in [9.17, 15) is 0 Å². The Morgan fingerprint density at radius 3 is 2.80 bits per heavy atom. The first-order valence-electron chi connectivity index (χ1n) is 4.14. The summed E-state index contributed by atoms with van der Waals surface area (Å²) in [5.74, 6) is 1.50. The van der Waals surface area contributed by atoms with Crippen molar-refractivity contribution in [1.29, 1.82) is 0 Å². The predicted octanol–water partition coefficient (Wildman–Crippen LogP) is 2.88. The number of aliphatic hydroxyl groups is 1. The monoisotopic (exact) mass is 140 g/mol. The van der Waals surface area contributed by atoms with Crippen molar-refractivity contribution in [3.8, 4) is 0 Å². The summed E-state index contributed by atoms with van der Waals surface area (Å²) >= 11 is 0. The van der Waals surface area contributed by atoms with Crippen LogP contribution in [0.1, 0.15) is 32.6 Å². The van der Waals surface area contributed by atoms with Gasteiger partial charge >= 0.3 is 0 Å². The minimum absolute atomic E-state index is 0.647. The van der Waals surface area contributed by atoms with E-state index in [0.29, 0.717) is 5.92 Å². The summed E-state index contributed by atoms with van der Waals surface area (Å²) in [7, 11) is 0. The normalized spacial score (nSPS) is 34.9. The third kappa shape index (κ3) is 2.05. The van der Waals surface area contributed by atoms with Crippen molar-refractivity contribution in [1.82, 2.24) is 0 Å². The maximum absolute atomic E-state index is 8.52. The van der Waals surface area contributed by atoms with Gasteiger partial charge in [0.2, 0.25) is 0 Å². The maximum Gasteiger partial charge on any atom is 0.0754 e. The van der Waals surface area contributed by atoms with Gasteiger partial charge in [0.15, 0.2) is 0 Å². The standard InChI is InChI=1S/C9H16O/c1-8-3-2-4-9(7-8)5-6-10/h5-6,8-10H,2-4,7H2,1H3/b6-5+/t8-,9?/m0/s1. The van der Waals surface area contributed by atoms with Crippen molar-refractivity contribution in [3.05, 3.63) is 12.3 Å². The van der Waals surface area contributed by atoms with Crippen molar-refractivity contribution in [2.45, 2.75) is 32.6 Å². The van der Waals surface area contributed by atoms with Crippen LogP contribution in [0.2, 0.25) is 0 Å². The van der Waals surface area contributed by atoms with Crippen LogP contribution in [0.5, 0.6) is 0 Å². The molecule has 1 aliphatic carbocycles. The molecule has 0 aromatic rings. The van der Waals surface area contributed by atoms with Crippen molar-refractivity contribution < 1.29 is 5.11 Å². The Labute approximate surface area is 62.8 Å². The molecule has 0 aromatic carbocycles. The summed E-state index contributed by atoms with van der Waals surface area (Å²) in [5, 5.41) is 8.52. The average Bonchev–Trinajstić information content (AvgIpc) is 1.88.